The Labute approximate surface area is 106 Å². The molecule has 1 unspecified atom stereocenters. The molecule has 4 nitrogen and oxygen atoms in total. The van der Waals surface area contributed by atoms with E-state index < -0.39 is 17.3 Å². The van der Waals surface area contributed by atoms with Crippen molar-refractivity contribution in [2.24, 2.45) is 5.73 Å². The van der Waals surface area contributed by atoms with E-state index in [4.69, 9.17) is 5.73 Å². The molecule has 5 heteroatoms. The van der Waals surface area contributed by atoms with Crippen molar-refractivity contribution in [3.63, 3.8) is 0 Å². The number of nitrogens with two attached hydrogens (primary N) is 1. The van der Waals surface area contributed by atoms with Gasteiger partial charge in [-0.05, 0) is 38.4 Å². The molecule has 0 fully saturated rings. The van der Waals surface area contributed by atoms with Crippen molar-refractivity contribution in [3.05, 3.63) is 29.6 Å². The van der Waals surface area contributed by atoms with Gasteiger partial charge in [-0.25, -0.2) is 4.39 Å². The number of amides is 1. The van der Waals surface area contributed by atoms with Crippen LogP contribution in [0.15, 0.2) is 18.2 Å². The predicted molar refractivity (Wildman–Crippen MR) is 67.9 cm³/mol. The van der Waals surface area contributed by atoms with Gasteiger partial charge in [-0.2, -0.15) is 0 Å². The number of nitrogens with one attached hydrogen (secondary N) is 1. The largest absolute Gasteiger partial charge is 0.507 e. The van der Waals surface area contributed by atoms with Gasteiger partial charge < -0.3 is 16.2 Å². The zero-order valence-electron chi connectivity index (χ0n) is 10.7. The van der Waals surface area contributed by atoms with Crippen molar-refractivity contribution in [1.29, 1.82) is 0 Å². The van der Waals surface area contributed by atoms with Crippen LogP contribution in [0.1, 0.15) is 37.0 Å². The van der Waals surface area contributed by atoms with Crippen LogP contribution in [0.25, 0.3) is 0 Å². The van der Waals surface area contributed by atoms with E-state index in [1.807, 2.05) is 13.8 Å². The van der Waals surface area contributed by atoms with E-state index in [-0.39, 0.29) is 11.3 Å². The van der Waals surface area contributed by atoms with Gasteiger partial charge in [0.15, 0.2) is 0 Å². The maximum Gasteiger partial charge on any atom is 0.258 e. The highest BCUT2D eigenvalue weighted by Gasteiger charge is 2.26. The normalized spacial score (nSPS) is 14.0. The molecule has 0 bridgehead atoms. The van der Waals surface area contributed by atoms with Crippen LogP contribution in [0.3, 0.4) is 0 Å². The first-order chi connectivity index (χ1) is 8.43. The number of phenols is 1. The highest BCUT2D eigenvalue weighted by Crippen LogP contribution is 2.22. The Morgan fingerprint density at radius 3 is 2.72 bits per heavy atom. The van der Waals surface area contributed by atoms with E-state index in [0.29, 0.717) is 19.4 Å². The summed E-state index contributed by atoms with van der Waals surface area (Å²) in [5, 5.41) is 12.3. The average molecular weight is 254 g/mol. The second-order valence-corrected chi connectivity index (χ2v) is 4.54. The summed E-state index contributed by atoms with van der Waals surface area (Å²) in [6.07, 6.45) is 1.26. The van der Waals surface area contributed by atoms with Crippen LogP contribution in [0.5, 0.6) is 5.75 Å². The van der Waals surface area contributed by atoms with Gasteiger partial charge in [0.2, 0.25) is 0 Å². The predicted octanol–water partition coefficient (Wildman–Crippen LogP) is 1.78. The minimum absolute atomic E-state index is 0.325. The quantitative estimate of drug-likeness (QED) is 0.749. The van der Waals surface area contributed by atoms with E-state index in [9.17, 15) is 14.3 Å². The van der Waals surface area contributed by atoms with Gasteiger partial charge in [-0.15, -0.1) is 0 Å². The molecule has 1 rings (SSSR count). The lowest BCUT2D eigenvalue weighted by atomic mass is 9.94. The zero-order valence-corrected chi connectivity index (χ0v) is 10.7. The summed E-state index contributed by atoms with van der Waals surface area (Å²) in [7, 11) is 0. The van der Waals surface area contributed by atoms with Gasteiger partial charge in [0.05, 0.1) is 0 Å². The van der Waals surface area contributed by atoms with Crippen LogP contribution in [-0.2, 0) is 0 Å². The molecule has 0 radical (unpaired) electrons. The Morgan fingerprint density at radius 1 is 1.56 bits per heavy atom. The fourth-order valence-electron chi connectivity index (χ4n) is 1.72. The maximum absolute atomic E-state index is 13.5. The summed E-state index contributed by atoms with van der Waals surface area (Å²) in [6.45, 7) is 4.18. The SMILES string of the molecule is CCC(C)(CCN)NC(=O)c1c(O)cccc1F. The van der Waals surface area contributed by atoms with Crippen LogP contribution >= 0.6 is 0 Å². The zero-order chi connectivity index (χ0) is 13.8. The summed E-state index contributed by atoms with van der Waals surface area (Å²) < 4.78 is 13.5. The molecule has 1 aromatic rings. The lowest BCUT2D eigenvalue weighted by Gasteiger charge is -2.29. The van der Waals surface area contributed by atoms with E-state index in [0.717, 1.165) is 6.07 Å². The van der Waals surface area contributed by atoms with E-state index in [1.165, 1.54) is 12.1 Å². The Morgan fingerprint density at radius 2 is 2.22 bits per heavy atom. The fraction of sp³-hybridized carbons (Fsp3) is 0.462. The smallest absolute Gasteiger partial charge is 0.258 e. The van der Waals surface area contributed by atoms with Crippen LogP contribution in [-0.4, -0.2) is 23.1 Å². The summed E-state index contributed by atoms with van der Waals surface area (Å²) in [4.78, 5) is 12.0. The van der Waals surface area contributed by atoms with Gasteiger partial charge in [0.1, 0.15) is 17.1 Å². The lowest BCUT2D eigenvalue weighted by molar-refractivity contribution is 0.0893. The molecule has 0 aliphatic heterocycles. The monoisotopic (exact) mass is 254 g/mol. The number of aromatic hydroxyl groups is 1. The number of benzene rings is 1. The van der Waals surface area contributed by atoms with E-state index in [2.05, 4.69) is 5.32 Å². The molecule has 0 saturated heterocycles. The number of halogens is 1. The van der Waals surface area contributed by atoms with Crippen LogP contribution in [0, 0.1) is 5.82 Å². The van der Waals surface area contributed by atoms with E-state index >= 15 is 0 Å². The molecule has 0 spiro atoms. The van der Waals surface area contributed by atoms with Crippen LogP contribution < -0.4 is 11.1 Å². The van der Waals surface area contributed by atoms with Crippen molar-refractivity contribution in [2.45, 2.75) is 32.2 Å². The van der Waals surface area contributed by atoms with Crippen molar-refractivity contribution >= 4 is 5.91 Å². The minimum Gasteiger partial charge on any atom is -0.507 e. The van der Waals surface area contributed by atoms with Gasteiger partial charge in [0, 0.05) is 5.54 Å². The van der Waals surface area contributed by atoms with Crippen molar-refractivity contribution in [3.8, 4) is 5.75 Å². The summed E-state index contributed by atoms with van der Waals surface area (Å²) in [6, 6.07) is 3.77. The first-order valence-corrected chi connectivity index (χ1v) is 5.93. The number of hydrogen-bond donors (Lipinski definition) is 3. The first kappa shape index (κ1) is 14.4. The molecule has 18 heavy (non-hydrogen) atoms. The highest BCUT2D eigenvalue weighted by molar-refractivity contribution is 5.97. The minimum atomic E-state index is -0.737. The number of phenolic OH excluding ortho intramolecular Hbond substituents is 1. The second-order valence-electron chi connectivity index (χ2n) is 4.54. The molecule has 1 amide bonds. The molecular formula is C13H19FN2O2. The molecule has 1 aromatic carbocycles. The Balaban J connectivity index is 2.95. The van der Waals surface area contributed by atoms with Crippen LogP contribution in [0.4, 0.5) is 4.39 Å². The number of carbonyl (C=O) groups is 1. The molecule has 0 aliphatic rings. The molecular weight excluding hydrogens is 235 g/mol. The third-order valence-electron chi connectivity index (χ3n) is 3.11. The Hall–Kier alpha value is -1.62. The topological polar surface area (TPSA) is 75.3 Å². The third kappa shape index (κ3) is 3.20. The van der Waals surface area contributed by atoms with Crippen molar-refractivity contribution in [2.75, 3.05) is 6.54 Å². The molecule has 100 valence electrons. The van der Waals surface area contributed by atoms with Gasteiger partial charge in [0.25, 0.3) is 5.91 Å². The molecule has 0 aliphatic carbocycles. The number of rotatable bonds is 5. The highest BCUT2D eigenvalue weighted by atomic mass is 19.1. The van der Waals surface area contributed by atoms with Crippen molar-refractivity contribution in [1.82, 2.24) is 5.32 Å². The second kappa shape index (κ2) is 5.82. The van der Waals surface area contributed by atoms with Gasteiger partial charge in [-0.3, -0.25) is 4.79 Å². The van der Waals surface area contributed by atoms with Crippen molar-refractivity contribution < 1.29 is 14.3 Å². The summed E-state index contributed by atoms with van der Waals surface area (Å²) in [5.41, 5.74) is 4.67. The molecule has 0 heterocycles. The summed E-state index contributed by atoms with van der Waals surface area (Å²) >= 11 is 0. The Bertz CT molecular complexity index is 417. The Kier molecular flexibility index (Phi) is 4.67. The van der Waals surface area contributed by atoms with Crippen LogP contribution in [0.2, 0.25) is 0 Å². The van der Waals surface area contributed by atoms with Gasteiger partial charge >= 0.3 is 0 Å². The first-order valence-electron chi connectivity index (χ1n) is 5.93. The standard InChI is InChI=1S/C13H19FN2O2/c1-3-13(2,7-8-15)16-12(18)11-9(14)5-4-6-10(11)17/h4-6,17H,3,7-8,15H2,1-2H3,(H,16,18). The van der Waals surface area contributed by atoms with Gasteiger partial charge in [-0.1, -0.05) is 13.0 Å². The number of hydrogen-bond acceptors (Lipinski definition) is 3. The molecule has 1 atom stereocenters. The third-order valence-corrected chi connectivity index (χ3v) is 3.11. The molecule has 4 N–H and O–H groups in total. The van der Waals surface area contributed by atoms with E-state index in [1.54, 1.807) is 0 Å². The molecule has 0 aromatic heterocycles. The maximum atomic E-state index is 13.5. The summed E-state index contributed by atoms with van der Waals surface area (Å²) in [5.74, 6) is -1.72. The number of carbonyl (C=O) groups excluding carboxylic acids is 1. The lowest BCUT2D eigenvalue weighted by Crippen LogP contribution is -2.47. The average Bonchev–Trinajstić information content (AvgIpc) is 2.29. The fourth-order valence-corrected chi connectivity index (χ4v) is 1.72. The molecule has 0 saturated carbocycles.